The minimum absolute atomic E-state index is 0.0115. The first-order chi connectivity index (χ1) is 18.3. The van der Waals surface area contributed by atoms with Gasteiger partial charge in [0.1, 0.15) is 23.5 Å². The van der Waals surface area contributed by atoms with Crippen LogP contribution in [-0.4, -0.2) is 33.0 Å². The number of alkyl halides is 3. The fraction of sp³-hybridized carbons (Fsp3) is 0.296. The van der Waals surface area contributed by atoms with Gasteiger partial charge >= 0.3 is 6.18 Å². The number of anilines is 1. The number of ether oxygens (including phenoxy) is 1. The number of halogens is 5. The Morgan fingerprint density at radius 2 is 1.77 bits per heavy atom. The molecule has 1 amide bonds. The smallest absolute Gasteiger partial charge is 0.416 e. The first kappa shape index (κ1) is 26.9. The molecule has 0 spiro atoms. The van der Waals surface area contributed by atoms with Crippen molar-refractivity contribution in [3.05, 3.63) is 77.9 Å². The SMILES string of the molecule is CC(=O)NC1CC(C2CN(S(=O)(=O)c3cccc(C(F)(F)F)c3)c3cc(-c4cc(F)ccc4F)ccc3O2)C1. The molecule has 1 atom stereocenters. The van der Waals surface area contributed by atoms with Crippen molar-refractivity contribution in [2.45, 2.75) is 43.0 Å². The molecule has 0 saturated heterocycles. The summed E-state index contributed by atoms with van der Waals surface area (Å²) in [4.78, 5) is 10.8. The Morgan fingerprint density at radius 1 is 1.03 bits per heavy atom. The summed E-state index contributed by atoms with van der Waals surface area (Å²) in [6.45, 7) is 1.17. The molecule has 3 aromatic rings. The van der Waals surface area contributed by atoms with Gasteiger partial charge in [0.05, 0.1) is 22.7 Å². The van der Waals surface area contributed by atoms with Gasteiger partial charge < -0.3 is 10.1 Å². The van der Waals surface area contributed by atoms with E-state index in [1.807, 2.05) is 0 Å². The van der Waals surface area contributed by atoms with Crippen LogP contribution in [0.5, 0.6) is 5.75 Å². The molecule has 3 aromatic carbocycles. The number of carbonyl (C=O) groups is 1. The fourth-order valence-corrected chi connectivity index (χ4v) is 6.49. The molecule has 0 radical (unpaired) electrons. The third-order valence-corrected chi connectivity index (χ3v) is 8.72. The van der Waals surface area contributed by atoms with Crippen LogP contribution in [0.3, 0.4) is 0 Å². The highest BCUT2D eigenvalue weighted by Crippen LogP contribution is 2.44. The lowest BCUT2D eigenvalue weighted by molar-refractivity contribution is -0.137. The van der Waals surface area contributed by atoms with Crippen LogP contribution >= 0.6 is 0 Å². The van der Waals surface area contributed by atoms with E-state index in [0.29, 0.717) is 18.9 Å². The summed E-state index contributed by atoms with van der Waals surface area (Å²) >= 11 is 0. The van der Waals surface area contributed by atoms with E-state index < -0.39 is 44.4 Å². The van der Waals surface area contributed by atoms with Gasteiger partial charge in [0.25, 0.3) is 10.0 Å². The first-order valence-corrected chi connectivity index (χ1v) is 13.5. The van der Waals surface area contributed by atoms with Crippen LogP contribution in [0.2, 0.25) is 0 Å². The van der Waals surface area contributed by atoms with Crippen LogP contribution < -0.4 is 14.4 Å². The molecular formula is C27H23F5N2O4S. The number of hydrogen-bond acceptors (Lipinski definition) is 4. The minimum Gasteiger partial charge on any atom is -0.486 e. The van der Waals surface area contributed by atoms with E-state index in [9.17, 15) is 35.2 Å². The topological polar surface area (TPSA) is 75.7 Å². The third kappa shape index (κ3) is 5.29. The lowest BCUT2D eigenvalue weighted by atomic mass is 9.76. The Kier molecular flexibility index (Phi) is 6.78. The molecule has 0 aromatic heterocycles. The summed E-state index contributed by atoms with van der Waals surface area (Å²) in [5, 5.41) is 2.79. The molecule has 2 aliphatic rings. The van der Waals surface area contributed by atoms with Gasteiger partial charge in [0, 0.05) is 24.4 Å². The van der Waals surface area contributed by atoms with Crippen molar-refractivity contribution < 1.29 is 39.9 Å². The number of nitrogens with zero attached hydrogens (tertiary/aromatic N) is 1. The van der Waals surface area contributed by atoms with E-state index in [4.69, 9.17) is 4.74 Å². The van der Waals surface area contributed by atoms with Crippen LogP contribution in [0.4, 0.5) is 27.6 Å². The molecule has 206 valence electrons. The number of benzene rings is 3. The first-order valence-electron chi connectivity index (χ1n) is 12.1. The highest BCUT2D eigenvalue weighted by molar-refractivity contribution is 7.92. The highest BCUT2D eigenvalue weighted by Gasteiger charge is 2.43. The monoisotopic (exact) mass is 566 g/mol. The molecule has 0 bridgehead atoms. The van der Waals surface area contributed by atoms with Crippen molar-refractivity contribution in [1.82, 2.24) is 5.32 Å². The van der Waals surface area contributed by atoms with E-state index in [0.717, 1.165) is 40.7 Å². The Labute approximate surface area is 221 Å². The molecule has 1 N–H and O–H groups in total. The zero-order chi connectivity index (χ0) is 28.1. The van der Waals surface area contributed by atoms with Crippen LogP contribution in [0.25, 0.3) is 11.1 Å². The molecule has 1 saturated carbocycles. The summed E-state index contributed by atoms with van der Waals surface area (Å²) < 4.78 is 103. The highest BCUT2D eigenvalue weighted by atomic mass is 32.2. The molecule has 6 nitrogen and oxygen atoms in total. The number of sulfonamides is 1. The van der Waals surface area contributed by atoms with E-state index in [2.05, 4.69) is 5.32 Å². The van der Waals surface area contributed by atoms with Crippen LogP contribution in [-0.2, 0) is 21.0 Å². The van der Waals surface area contributed by atoms with Crippen molar-refractivity contribution >= 4 is 21.6 Å². The Bertz CT molecular complexity index is 1540. The maximum Gasteiger partial charge on any atom is 0.416 e. The summed E-state index contributed by atoms with van der Waals surface area (Å²) in [7, 11) is -4.54. The van der Waals surface area contributed by atoms with Crippen LogP contribution in [0.15, 0.2) is 65.6 Å². The van der Waals surface area contributed by atoms with E-state index in [1.165, 1.54) is 25.1 Å². The van der Waals surface area contributed by atoms with Gasteiger partial charge in [-0.25, -0.2) is 17.2 Å². The third-order valence-electron chi connectivity index (χ3n) is 6.95. The van der Waals surface area contributed by atoms with Crippen LogP contribution in [0, 0.1) is 17.6 Å². The van der Waals surface area contributed by atoms with E-state index in [-0.39, 0.29) is 47.0 Å². The number of nitrogens with one attached hydrogen (secondary N) is 1. The van der Waals surface area contributed by atoms with Gasteiger partial charge in [0.15, 0.2) is 0 Å². The Morgan fingerprint density at radius 3 is 2.46 bits per heavy atom. The second-order valence-electron chi connectivity index (χ2n) is 9.65. The number of fused-ring (bicyclic) bond motifs is 1. The predicted octanol–water partition coefficient (Wildman–Crippen LogP) is 5.52. The van der Waals surface area contributed by atoms with Crippen molar-refractivity contribution in [3.8, 4) is 16.9 Å². The summed E-state index contributed by atoms with van der Waals surface area (Å²) in [5.74, 6) is -1.64. The van der Waals surface area contributed by atoms with Gasteiger partial charge in [-0.3, -0.25) is 9.10 Å². The normalized spacial score (nSPS) is 21.0. The Hall–Kier alpha value is -3.67. The van der Waals surface area contributed by atoms with Crippen molar-refractivity contribution in [2.75, 3.05) is 10.8 Å². The average Bonchev–Trinajstić information content (AvgIpc) is 2.86. The standard InChI is InChI=1S/C27H23F5N2O4S/c1-15(35)33-20-9-17(10-20)26-14-34(39(36,37)21-4-2-3-18(12-21)27(30,31)32)24-11-16(5-8-25(24)38-26)22-13-19(28)6-7-23(22)29/h2-8,11-13,17,20,26H,9-10,14H2,1H3,(H,33,35). The van der Waals surface area contributed by atoms with Crippen molar-refractivity contribution in [2.24, 2.45) is 5.92 Å². The average molecular weight is 567 g/mol. The predicted molar refractivity (Wildman–Crippen MR) is 133 cm³/mol. The molecule has 39 heavy (non-hydrogen) atoms. The Balaban J connectivity index is 1.56. The molecule has 1 unspecified atom stereocenters. The minimum atomic E-state index is -4.76. The molecule has 12 heteroatoms. The molecule has 1 fully saturated rings. The van der Waals surface area contributed by atoms with E-state index in [1.54, 1.807) is 0 Å². The summed E-state index contributed by atoms with van der Waals surface area (Å²) in [6, 6.07) is 10.4. The quantitative estimate of drug-likeness (QED) is 0.413. The molecule has 1 heterocycles. The lowest BCUT2D eigenvalue weighted by Crippen LogP contribution is -2.54. The largest absolute Gasteiger partial charge is 0.486 e. The maximum atomic E-state index is 14.5. The van der Waals surface area contributed by atoms with Gasteiger partial charge in [-0.1, -0.05) is 12.1 Å². The summed E-state index contributed by atoms with van der Waals surface area (Å²) in [6.07, 6.45) is -4.35. The van der Waals surface area contributed by atoms with Crippen LogP contribution in [0.1, 0.15) is 25.3 Å². The van der Waals surface area contributed by atoms with Gasteiger partial charge in [-0.15, -0.1) is 0 Å². The number of amides is 1. The lowest BCUT2D eigenvalue weighted by Gasteiger charge is -2.44. The molecular weight excluding hydrogens is 543 g/mol. The molecule has 1 aliphatic heterocycles. The van der Waals surface area contributed by atoms with Gasteiger partial charge in [0.2, 0.25) is 5.91 Å². The number of carbonyl (C=O) groups excluding carboxylic acids is 1. The van der Waals surface area contributed by atoms with Gasteiger partial charge in [-0.05, 0) is 66.9 Å². The fourth-order valence-electron chi connectivity index (χ4n) is 4.96. The molecule has 1 aliphatic carbocycles. The maximum absolute atomic E-state index is 14.5. The molecule has 5 rings (SSSR count). The number of hydrogen-bond donors (Lipinski definition) is 1. The zero-order valence-corrected chi connectivity index (χ0v) is 21.3. The summed E-state index contributed by atoms with van der Waals surface area (Å²) in [5.41, 5.74) is -1.09. The second-order valence-corrected chi connectivity index (χ2v) is 11.5. The van der Waals surface area contributed by atoms with Gasteiger partial charge in [-0.2, -0.15) is 13.2 Å². The second kappa shape index (κ2) is 9.82. The zero-order valence-electron chi connectivity index (χ0n) is 20.5. The van der Waals surface area contributed by atoms with Crippen molar-refractivity contribution in [1.29, 1.82) is 0 Å². The number of rotatable bonds is 5. The van der Waals surface area contributed by atoms with Crippen molar-refractivity contribution in [3.63, 3.8) is 0 Å². The van der Waals surface area contributed by atoms with E-state index >= 15 is 0 Å².